The molecular formula is C13H17BrN2O. The van der Waals surface area contributed by atoms with Gasteiger partial charge in [-0.15, -0.1) is 0 Å². The summed E-state index contributed by atoms with van der Waals surface area (Å²) in [5.41, 5.74) is 0.809. The molecule has 0 atom stereocenters. The summed E-state index contributed by atoms with van der Waals surface area (Å²) in [6.45, 7) is 2.26. The average Bonchev–Trinajstić information content (AvgIpc) is 2.33. The molecule has 92 valence electrons. The Kier molecular flexibility index (Phi) is 4.15. The first-order chi connectivity index (χ1) is 8.16. The fourth-order valence-electron chi connectivity index (χ4n) is 2.23. The van der Waals surface area contributed by atoms with Gasteiger partial charge in [-0.25, -0.2) is 0 Å². The van der Waals surface area contributed by atoms with Crippen molar-refractivity contribution in [1.82, 2.24) is 4.98 Å². The highest BCUT2D eigenvalue weighted by Crippen LogP contribution is 2.30. The van der Waals surface area contributed by atoms with Crippen molar-refractivity contribution in [3.8, 4) is 0 Å². The average molecular weight is 297 g/mol. The third kappa shape index (κ3) is 3.28. The van der Waals surface area contributed by atoms with E-state index in [1.54, 1.807) is 12.4 Å². The first-order valence-corrected chi connectivity index (χ1v) is 6.86. The van der Waals surface area contributed by atoms with Gasteiger partial charge in [-0.2, -0.15) is 0 Å². The highest BCUT2D eigenvalue weighted by Gasteiger charge is 2.24. The molecule has 1 aromatic heterocycles. The fourth-order valence-corrected chi connectivity index (χ4v) is 2.58. The largest absolute Gasteiger partial charge is 0.325 e. The summed E-state index contributed by atoms with van der Waals surface area (Å²) in [6, 6.07) is 1.81. The van der Waals surface area contributed by atoms with Crippen LogP contribution in [0.2, 0.25) is 0 Å². The lowest BCUT2D eigenvalue weighted by molar-refractivity contribution is -0.121. The smallest absolute Gasteiger partial charge is 0.227 e. The monoisotopic (exact) mass is 296 g/mol. The number of amides is 1. The number of halogens is 1. The van der Waals surface area contributed by atoms with Gasteiger partial charge >= 0.3 is 0 Å². The zero-order chi connectivity index (χ0) is 12.3. The molecule has 0 unspecified atom stereocenters. The molecule has 2 rings (SSSR count). The van der Waals surface area contributed by atoms with Gasteiger partial charge in [-0.3, -0.25) is 9.78 Å². The number of hydrogen-bond acceptors (Lipinski definition) is 2. The topological polar surface area (TPSA) is 42.0 Å². The Bertz CT molecular complexity index is 400. The minimum absolute atomic E-state index is 0.142. The second-order valence-corrected chi connectivity index (χ2v) is 5.66. The lowest BCUT2D eigenvalue weighted by Gasteiger charge is -2.25. The molecule has 0 bridgehead atoms. The fraction of sp³-hybridized carbons (Fsp3) is 0.538. The molecule has 4 heteroatoms. The van der Waals surface area contributed by atoms with Gasteiger partial charge in [0.15, 0.2) is 0 Å². The van der Waals surface area contributed by atoms with Crippen molar-refractivity contribution < 1.29 is 4.79 Å². The Morgan fingerprint density at radius 3 is 2.76 bits per heavy atom. The normalized spacial score (nSPS) is 24.4. The first-order valence-electron chi connectivity index (χ1n) is 6.07. The van der Waals surface area contributed by atoms with E-state index in [0.717, 1.165) is 41.8 Å². The van der Waals surface area contributed by atoms with Crippen LogP contribution in [0.15, 0.2) is 22.9 Å². The van der Waals surface area contributed by atoms with Crippen LogP contribution < -0.4 is 5.32 Å². The summed E-state index contributed by atoms with van der Waals surface area (Å²) >= 11 is 3.38. The van der Waals surface area contributed by atoms with Crippen molar-refractivity contribution in [3.63, 3.8) is 0 Å². The summed E-state index contributed by atoms with van der Waals surface area (Å²) in [5, 5.41) is 2.97. The molecule has 1 N–H and O–H groups in total. The Morgan fingerprint density at radius 1 is 1.41 bits per heavy atom. The van der Waals surface area contributed by atoms with Gasteiger partial charge in [-0.05, 0) is 53.6 Å². The van der Waals surface area contributed by atoms with Crippen LogP contribution in [0.4, 0.5) is 5.69 Å². The first kappa shape index (κ1) is 12.6. The summed E-state index contributed by atoms with van der Waals surface area (Å²) in [6.07, 6.45) is 7.72. The molecule has 17 heavy (non-hydrogen) atoms. The van der Waals surface area contributed by atoms with Gasteiger partial charge in [0.2, 0.25) is 5.91 Å². The van der Waals surface area contributed by atoms with E-state index in [1.807, 2.05) is 6.07 Å². The summed E-state index contributed by atoms with van der Waals surface area (Å²) in [7, 11) is 0. The van der Waals surface area contributed by atoms with Gasteiger partial charge < -0.3 is 5.32 Å². The third-order valence-electron chi connectivity index (χ3n) is 3.42. The van der Waals surface area contributed by atoms with E-state index in [-0.39, 0.29) is 11.8 Å². The van der Waals surface area contributed by atoms with Crippen LogP contribution in [0.3, 0.4) is 0 Å². The molecular weight excluding hydrogens is 280 g/mol. The minimum atomic E-state index is 0.142. The Hall–Kier alpha value is -0.900. The Balaban J connectivity index is 1.95. The maximum absolute atomic E-state index is 12.1. The van der Waals surface area contributed by atoms with E-state index < -0.39 is 0 Å². The number of hydrogen-bond donors (Lipinski definition) is 1. The van der Waals surface area contributed by atoms with Crippen LogP contribution in [0.25, 0.3) is 0 Å². The van der Waals surface area contributed by atoms with Gasteiger partial charge in [-0.1, -0.05) is 6.92 Å². The van der Waals surface area contributed by atoms with Crippen LogP contribution in [-0.4, -0.2) is 10.9 Å². The van der Waals surface area contributed by atoms with Gasteiger partial charge in [0.25, 0.3) is 0 Å². The summed E-state index contributed by atoms with van der Waals surface area (Å²) in [4.78, 5) is 16.1. The van der Waals surface area contributed by atoms with Gasteiger partial charge in [0.05, 0.1) is 10.2 Å². The Labute approximate surface area is 110 Å². The number of anilines is 1. The standard InChI is InChI=1S/C13H17BrN2O/c1-9-2-4-10(5-3-9)13(17)16-12-6-7-15-8-11(12)14/h6-10H,2-5H2,1H3,(H,15,16,17). The van der Waals surface area contributed by atoms with E-state index in [1.165, 1.54) is 0 Å². The van der Waals surface area contributed by atoms with E-state index in [0.29, 0.717) is 0 Å². The lowest BCUT2D eigenvalue weighted by Crippen LogP contribution is -2.26. The highest BCUT2D eigenvalue weighted by atomic mass is 79.9. The quantitative estimate of drug-likeness (QED) is 0.906. The van der Waals surface area contributed by atoms with Crippen LogP contribution in [-0.2, 0) is 4.79 Å². The molecule has 3 nitrogen and oxygen atoms in total. The number of rotatable bonds is 2. The molecule has 1 saturated carbocycles. The molecule has 1 aromatic rings. The van der Waals surface area contributed by atoms with E-state index in [4.69, 9.17) is 0 Å². The Morgan fingerprint density at radius 2 is 2.12 bits per heavy atom. The van der Waals surface area contributed by atoms with Crippen molar-refractivity contribution in [1.29, 1.82) is 0 Å². The van der Waals surface area contributed by atoms with Crippen LogP contribution in [0.5, 0.6) is 0 Å². The van der Waals surface area contributed by atoms with Crippen molar-refractivity contribution in [3.05, 3.63) is 22.9 Å². The number of carbonyl (C=O) groups is 1. The molecule has 1 aliphatic carbocycles. The second-order valence-electron chi connectivity index (χ2n) is 4.80. The maximum atomic E-state index is 12.1. The molecule has 0 aromatic carbocycles. The number of carbonyl (C=O) groups excluding carboxylic acids is 1. The van der Waals surface area contributed by atoms with Crippen LogP contribution in [0.1, 0.15) is 32.6 Å². The number of pyridine rings is 1. The predicted molar refractivity (Wildman–Crippen MR) is 71.7 cm³/mol. The SMILES string of the molecule is CC1CCC(C(=O)Nc2ccncc2Br)CC1. The van der Waals surface area contributed by atoms with Crippen molar-refractivity contribution in [2.75, 3.05) is 5.32 Å². The zero-order valence-corrected chi connectivity index (χ0v) is 11.5. The molecule has 1 fully saturated rings. The van der Waals surface area contributed by atoms with Crippen LogP contribution in [0, 0.1) is 11.8 Å². The zero-order valence-electron chi connectivity index (χ0n) is 9.95. The minimum Gasteiger partial charge on any atom is -0.325 e. The molecule has 1 aliphatic rings. The van der Waals surface area contributed by atoms with E-state index >= 15 is 0 Å². The summed E-state index contributed by atoms with van der Waals surface area (Å²) in [5.74, 6) is 1.08. The molecule has 0 saturated heterocycles. The van der Waals surface area contributed by atoms with Crippen molar-refractivity contribution in [2.24, 2.45) is 11.8 Å². The lowest BCUT2D eigenvalue weighted by atomic mass is 9.82. The van der Waals surface area contributed by atoms with Crippen molar-refractivity contribution >= 4 is 27.5 Å². The number of aromatic nitrogens is 1. The van der Waals surface area contributed by atoms with Crippen LogP contribution >= 0.6 is 15.9 Å². The molecule has 0 radical (unpaired) electrons. The highest BCUT2D eigenvalue weighted by molar-refractivity contribution is 9.10. The molecule has 0 spiro atoms. The molecule has 1 heterocycles. The van der Waals surface area contributed by atoms with Gasteiger partial charge in [0.1, 0.15) is 0 Å². The van der Waals surface area contributed by atoms with Gasteiger partial charge in [0, 0.05) is 18.3 Å². The molecule has 0 aliphatic heterocycles. The van der Waals surface area contributed by atoms with E-state index in [2.05, 4.69) is 33.2 Å². The number of nitrogens with zero attached hydrogens (tertiary/aromatic N) is 1. The number of nitrogens with one attached hydrogen (secondary N) is 1. The summed E-state index contributed by atoms with van der Waals surface area (Å²) < 4.78 is 0.831. The second kappa shape index (κ2) is 5.63. The predicted octanol–water partition coefficient (Wildman–Crippen LogP) is 3.61. The van der Waals surface area contributed by atoms with E-state index in [9.17, 15) is 4.79 Å². The maximum Gasteiger partial charge on any atom is 0.227 e. The third-order valence-corrected chi connectivity index (χ3v) is 4.05. The molecule has 1 amide bonds. The van der Waals surface area contributed by atoms with Crippen molar-refractivity contribution in [2.45, 2.75) is 32.6 Å².